The van der Waals surface area contributed by atoms with Gasteiger partial charge in [0.1, 0.15) is 0 Å². The molecule has 0 aromatic heterocycles. The molecule has 0 spiro atoms. The van der Waals surface area contributed by atoms with Crippen LogP contribution in [0, 0.1) is 5.92 Å². The molecule has 0 aliphatic heterocycles. The van der Waals surface area contributed by atoms with Crippen LogP contribution in [0.3, 0.4) is 0 Å². The van der Waals surface area contributed by atoms with E-state index in [2.05, 4.69) is 0 Å². The Morgan fingerprint density at radius 3 is 2.24 bits per heavy atom. The zero-order chi connectivity index (χ0) is 15.1. The molecule has 0 heterocycles. The summed E-state index contributed by atoms with van der Waals surface area (Å²) in [4.78, 5) is 0. The summed E-state index contributed by atoms with van der Waals surface area (Å²) >= 11 is 0. The summed E-state index contributed by atoms with van der Waals surface area (Å²) in [7, 11) is 0. The fourth-order valence-corrected chi connectivity index (χ4v) is 3.15. The third-order valence-corrected chi connectivity index (χ3v) is 4.26. The van der Waals surface area contributed by atoms with Gasteiger partial charge in [0.25, 0.3) is 0 Å². The molecule has 1 aliphatic carbocycles. The molecule has 0 saturated heterocycles. The zero-order valence-corrected chi connectivity index (χ0v) is 13.3. The summed E-state index contributed by atoms with van der Waals surface area (Å²) in [5.74, 6) is 1.88. The third kappa shape index (κ3) is 4.37. The minimum absolute atomic E-state index is 0.375. The van der Waals surface area contributed by atoms with Crippen LogP contribution in [0.1, 0.15) is 64.0 Å². The van der Waals surface area contributed by atoms with E-state index in [1.54, 1.807) is 0 Å². The van der Waals surface area contributed by atoms with Gasteiger partial charge in [0.2, 0.25) is 0 Å². The van der Waals surface area contributed by atoms with Crippen LogP contribution in [0.25, 0.3) is 0 Å². The maximum atomic E-state index is 10.7. The number of benzene rings is 1. The van der Waals surface area contributed by atoms with Crippen LogP contribution in [-0.4, -0.2) is 18.3 Å². The summed E-state index contributed by atoms with van der Waals surface area (Å²) in [5, 5.41) is 10.7. The van der Waals surface area contributed by atoms with Gasteiger partial charge in [-0.3, -0.25) is 0 Å². The molecule has 1 aromatic carbocycles. The highest BCUT2D eigenvalue weighted by molar-refractivity contribution is 5.43. The van der Waals surface area contributed by atoms with Crippen LogP contribution < -0.4 is 9.47 Å². The second-order valence-corrected chi connectivity index (χ2v) is 5.77. The van der Waals surface area contributed by atoms with E-state index in [4.69, 9.17) is 9.47 Å². The van der Waals surface area contributed by atoms with E-state index in [9.17, 15) is 5.11 Å². The minimum atomic E-state index is -0.391. The minimum Gasteiger partial charge on any atom is -0.490 e. The molecule has 118 valence electrons. The first-order valence-corrected chi connectivity index (χ1v) is 8.33. The Balaban J connectivity index is 2.15. The molecule has 1 fully saturated rings. The van der Waals surface area contributed by atoms with Crippen LogP contribution in [0.5, 0.6) is 11.5 Å². The number of hydrogen-bond donors (Lipinski definition) is 1. The fourth-order valence-electron chi connectivity index (χ4n) is 3.15. The molecule has 0 amide bonds. The lowest BCUT2D eigenvalue weighted by Gasteiger charge is -2.22. The maximum Gasteiger partial charge on any atom is 0.161 e. The summed E-state index contributed by atoms with van der Waals surface area (Å²) in [6.07, 6.45) is 6.93. The lowest BCUT2D eigenvalue weighted by Crippen LogP contribution is -2.12. The molecular weight excluding hydrogens is 264 g/mol. The number of aliphatic hydroxyl groups is 1. The van der Waals surface area contributed by atoms with E-state index in [0.29, 0.717) is 19.1 Å². The molecule has 1 atom stereocenters. The molecule has 0 bridgehead atoms. The Morgan fingerprint density at radius 1 is 1.00 bits per heavy atom. The number of rotatable bonds is 6. The molecule has 21 heavy (non-hydrogen) atoms. The largest absolute Gasteiger partial charge is 0.490 e. The van der Waals surface area contributed by atoms with Gasteiger partial charge < -0.3 is 14.6 Å². The molecule has 0 radical (unpaired) electrons. The number of aliphatic hydroxyl groups excluding tert-OH is 1. The smallest absolute Gasteiger partial charge is 0.161 e. The molecule has 1 saturated carbocycles. The van der Waals surface area contributed by atoms with Crippen LogP contribution in [-0.2, 0) is 0 Å². The predicted octanol–water partition coefficient (Wildman–Crippen LogP) is 4.49. The molecule has 2 rings (SSSR count). The monoisotopic (exact) mass is 292 g/mol. The Hall–Kier alpha value is -1.22. The average Bonchev–Trinajstić information content (AvgIpc) is 2.78. The van der Waals surface area contributed by atoms with Gasteiger partial charge in [0, 0.05) is 0 Å². The van der Waals surface area contributed by atoms with Gasteiger partial charge in [-0.15, -0.1) is 0 Å². The first-order valence-electron chi connectivity index (χ1n) is 8.33. The Kier molecular flexibility index (Phi) is 6.37. The van der Waals surface area contributed by atoms with Crippen molar-refractivity contribution in [2.45, 2.75) is 58.5 Å². The van der Waals surface area contributed by atoms with Crippen molar-refractivity contribution >= 4 is 0 Å². The van der Waals surface area contributed by atoms with E-state index in [0.717, 1.165) is 29.9 Å². The Morgan fingerprint density at radius 2 is 1.62 bits per heavy atom. The normalized spacial score (nSPS) is 18.0. The maximum absolute atomic E-state index is 10.7. The van der Waals surface area contributed by atoms with Gasteiger partial charge in [-0.2, -0.15) is 0 Å². The first-order chi connectivity index (χ1) is 10.3. The zero-order valence-electron chi connectivity index (χ0n) is 13.3. The van der Waals surface area contributed by atoms with Crippen molar-refractivity contribution in [3.63, 3.8) is 0 Å². The van der Waals surface area contributed by atoms with Crippen molar-refractivity contribution in [1.82, 2.24) is 0 Å². The summed E-state index contributed by atoms with van der Waals surface area (Å²) in [5.41, 5.74) is 0.953. The second-order valence-electron chi connectivity index (χ2n) is 5.77. The molecule has 1 aliphatic rings. The highest BCUT2D eigenvalue weighted by atomic mass is 16.5. The van der Waals surface area contributed by atoms with Gasteiger partial charge in [0.15, 0.2) is 11.5 Å². The summed E-state index contributed by atoms with van der Waals surface area (Å²) in [6, 6.07) is 5.84. The molecule has 1 unspecified atom stereocenters. The number of ether oxygens (including phenoxy) is 2. The Labute approximate surface area is 128 Å². The highest BCUT2D eigenvalue weighted by Crippen LogP contribution is 2.37. The van der Waals surface area contributed by atoms with Crippen molar-refractivity contribution in [2.75, 3.05) is 13.2 Å². The van der Waals surface area contributed by atoms with E-state index < -0.39 is 6.10 Å². The fraction of sp³-hybridized carbons (Fsp3) is 0.667. The molecule has 1 N–H and O–H groups in total. The lowest BCUT2D eigenvalue weighted by molar-refractivity contribution is 0.0984. The standard InChI is InChI=1S/C18H28O3/c1-3-20-16-12-11-15(13-17(16)21-4-2)18(19)14-9-7-5-6-8-10-14/h11-14,18-19H,3-10H2,1-2H3. The van der Waals surface area contributed by atoms with Crippen molar-refractivity contribution in [1.29, 1.82) is 0 Å². The van der Waals surface area contributed by atoms with Crippen molar-refractivity contribution in [2.24, 2.45) is 5.92 Å². The number of hydrogen-bond acceptors (Lipinski definition) is 3. The second kappa shape index (κ2) is 8.28. The summed E-state index contributed by atoms with van der Waals surface area (Å²) < 4.78 is 11.2. The molecular formula is C18H28O3. The average molecular weight is 292 g/mol. The van der Waals surface area contributed by atoms with Crippen molar-refractivity contribution < 1.29 is 14.6 Å². The molecule has 1 aromatic rings. The third-order valence-electron chi connectivity index (χ3n) is 4.26. The van der Waals surface area contributed by atoms with Gasteiger partial charge in [-0.25, -0.2) is 0 Å². The van der Waals surface area contributed by atoms with Crippen molar-refractivity contribution in [3.8, 4) is 11.5 Å². The summed E-state index contributed by atoms with van der Waals surface area (Å²) in [6.45, 7) is 5.14. The first kappa shape index (κ1) is 16.2. The SMILES string of the molecule is CCOc1ccc(C(O)C2CCCCCC2)cc1OCC. The van der Waals surface area contributed by atoms with E-state index in [1.807, 2.05) is 32.0 Å². The van der Waals surface area contributed by atoms with Gasteiger partial charge in [-0.05, 0) is 50.3 Å². The van der Waals surface area contributed by atoms with Crippen LogP contribution in [0.2, 0.25) is 0 Å². The predicted molar refractivity (Wildman–Crippen MR) is 84.9 cm³/mol. The molecule has 3 nitrogen and oxygen atoms in total. The Bertz CT molecular complexity index is 422. The topological polar surface area (TPSA) is 38.7 Å². The van der Waals surface area contributed by atoms with Crippen LogP contribution >= 0.6 is 0 Å². The lowest BCUT2D eigenvalue weighted by atomic mass is 9.89. The van der Waals surface area contributed by atoms with Gasteiger partial charge >= 0.3 is 0 Å². The van der Waals surface area contributed by atoms with E-state index in [-0.39, 0.29) is 0 Å². The quantitative estimate of drug-likeness (QED) is 0.785. The van der Waals surface area contributed by atoms with Crippen molar-refractivity contribution in [3.05, 3.63) is 23.8 Å². The molecule has 3 heteroatoms. The van der Waals surface area contributed by atoms with Crippen LogP contribution in [0.15, 0.2) is 18.2 Å². The van der Waals surface area contributed by atoms with Gasteiger partial charge in [-0.1, -0.05) is 31.7 Å². The van der Waals surface area contributed by atoms with Gasteiger partial charge in [0.05, 0.1) is 19.3 Å². The highest BCUT2D eigenvalue weighted by Gasteiger charge is 2.23. The van der Waals surface area contributed by atoms with E-state index >= 15 is 0 Å². The van der Waals surface area contributed by atoms with Crippen LogP contribution in [0.4, 0.5) is 0 Å². The van der Waals surface area contributed by atoms with E-state index in [1.165, 1.54) is 25.7 Å².